The number of fused-ring (bicyclic) bond motifs is 1. The topological polar surface area (TPSA) is 90.3 Å². The quantitative estimate of drug-likeness (QED) is 0.556. The Hall–Kier alpha value is -2.73. The molecule has 132 valence electrons. The van der Waals surface area contributed by atoms with Crippen LogP contribution in [0.3, 0.4) is 0 Å². The van der Waals surface area contributed by atoms with E-state index in [9.17, 15) is 9.90 Å². The Morgan fingerprint density at radius 1 is 1.24 bits per heavy atom. The summed E-state index contributed by atoms with van der Waals surface area (Å²) in [6.07, 6.45) is 0.704. The molecule has 0 saturated carbocycles. The zero-order valence-electron chi connectivity index (χ0n) is 14.4. The number of benzene rings is 1. The Labute approximate surface area is 146 Å². The number of carbonyl (C=O) groups excluding carboxylic acids is 1. The molecule has 6 heteroatoms. The minimum atomic E-state index is -1.25. The van der Waals surface area contributed by atoms with Gasteiger partial charge in [-0.2, -0.15) is 0 Å². The number of urea groups is 1. The van der Waals surface area contributed by atoms with E-state index in [2.05, 4.69) is 21.7 Å². The van der Waals surface area contributed by atoms with Gasteiger partial charge in [-0.15, -0.1) is 0 Å². The fourth-order valence-electron chi connectivity index (χ4n) is 2.70. The zero-order chi connectivity index (χ0) is 17.9. The smallest absolute Gasteiger partial charge is 0.314 e. The average Bonchev–Trinajstić information content (AvgIpc) is 3.19. The van der Waals surface area contributed by atoms with Gasteiger partial charge in [0.15, 0.2) is 0 Å². The maximum atomic E-state index is 11.9. The highest BCUT2D eigenvalue weighted by Gasteiger charge is 2.27. The first-order valence-electron chi connectivity index (χ1n) is 8.32. The maximum absolute atomic E-state index is 11.9. The zero-order valence-corrected chi connectivity index (χ0v) is 14.4. The molecule has 3 aromatic rings. The van der Waals surface area contributed by atoms with Crippen molar-refractivity contribution in [1.29, 1.82) is 0 Å². The van der Waals surface area contributed by atoms with Gasteiger partial charge in [0, 0.05) is 24.2 Å². The molecular formula is C19H23N3O3. The first-order valence-corrected chi connectivity index (χ1v) is 8.32. The molecule has 0 bridgehead atoms. The number of carbonyl (C=O) groups is 1. The van der Waals surface area contributed by atoms with Crippen LogP contribution in [0.2, 0.25) is 0 Å². The Morgan fingerprint density at radius 3 is 2.76 bits per heavy atom. The average molecular weight is 341 g/mol. The number of para-hydroxylation sites is 1. The van der Waals surface area contributed by atoms with E-state index in [0.717, 1.165) is 22.4 Å². The molecule has 6 nitrogen and oxygen atoms in total. The molecule has 1 unspecified atom stereocenters. The van der Waals surface area contributed by atoms with Crippen molar-refractivity contribution in [2.45, 2.75) is 25.9 Å². The van der Waals surface area contributed by atoms with Gasteiger partial charge in [-0.05, 0) is 43.5 Å². The molecule has 25 heavy (non-hydrogen) atoms. The molecule has 0 radical (unpaired) electrons. The molecule has 0 aliphatic rings. The van der Waals surface area contributed by atoms with Crippen LogP contribution in [-0.2, 0) is 12.0 Å². The number of H-pyrrole nitrogens is 1. The van der Waals surface area contributed by atoms with Crippen molar-refractivity contribution in [3.05, 3.63) is 59.7 Å². The maximum Gasteiger partial charge on any atom is 0.314 e. The van der Waals surface area contributed by atoms with Gasteiger partial charge in [0.2, 0.25) is 0 Å². The predicted molar refractivity (Wildman–Crippen MR) is 96.4 cm³/mol. The highest BCUT2D eigenvalue weighted by molar-refractivity contribution is 5.80. The van der Waals surface area contributed by atoms with Crippen LogP contribution in [0.5, 0.6) is 0 Å². The molecular weight excluding hydrogens is 318 g/mol. The molecule has 0 spiro atoms. The predicted octanol–water partition coefficient (Wildman–Crippen LogP) is 2.82. The van der Waals surface area contributed by atoms with E-state index in [1.165, 1.54) is 0 Å². The van der Waals surface area contributed by atoms with Gasteiger partial charge in [-0.3, -0.25) is 0 Å². The van der Waals surface area contributed by atoms with Gasteiger partial charge in [-0.25, -0.2) is 4.79 Å². The number of hydrogen-bond donors (Lipinski definition) is 4. The molecule has 1 atom stereocenters. The van der Waals surface area contributed by atoms with Crippen LogP contribution in [0.15, 0.2) is 46.9 Å². The molecule has 1 aromatic carbocycles. The Bertz CT molecular complexity index is 831. The summed E-state index contributed by atoms with van der Waals surface area (Å²) < 4.78 is 5.42. The van der Waals surface area contributed by atoms with Crippen LogP contribution < -0.4 is 10.6 Å². The first-order chi connectivity index (χ1) is 11.9. The molecule has 4 N–H and O–H groups in total. The Balaban J connectivity index is 1.45. The van der Waals surface area contributed by atoms with Crippen LogP contribution >= 0.6 is 0 Å². The summed E-state index contributed by atoms with van der Waals surface area (Å²) in [5.41, 5.74) is 0.911. The van der Waals surface area contributed by atoms with E-state index < -0.39 is 5.60 Å². The second-order valence-electron chi connectivity index (χ2n) is 6.43. The summed E-state index contributed by atoms with van der Waals surface area (Å²) in [6.45, 7) is 3.98. The second kappa shape index (κ2) is 7.03. The van der Waals surface area contributed by atoms with Crippen molar-refractivity contribution in [1.82, 2.24) is 15.6 Å². The van der Waals surface area contributed by atoms with E-state index in [-0.39, 0.29) is 12.6 Å². The number of rotatable bonds is 6. The van der Waals surface area contributed by atoms with Gasteiger partial charge >= 0.3 is 6.03 Å². The van der Waals surface area contributed by atoms with Crippen LogP contribution in [0.25, 0.3) is 10.9 Å². The van der Waals surface area contributed by atoms with Gasteiger partial charge in [0.25, 0.3) is 0 Å². The number of aromatic amines is 1. The lowest BCUT2D eigenvalue weighted by Gasteiger charge is -2.21. The van der Waals surface area contributed by atoms with Crippen molar-refractivity contribution in [3.8, 4) is 0 Å². The Morgan fingerprint density at radius 2 is 2.04 bits per heavy atom. The molecule has 2 aromatic heterocycles. The van der Waals surface area contributed by atoms with Gasteiger partial charge in [-0.1, -0.05) is 18.2 Å². The lowest BCUT2D eigenvalue weighted by molar-refractivity contribution is 0.0360. The lowest BCUT2D eigenvalue weighted by Crippen LogP contribution is -2.43. The minimum Gasteiger partial charge on any atom is -0.463 e. The SMILES string of the molecule is Cc1ccc(C(C)(O)CNC(=O)NCCc2cc3ccccc3[nH]2)o1. The fraction of sp³-hybridized carbons (Fsp3) is 0.316. The minimum absolute atomic E-state index is 0.0676. The second-order valence-corrected chi connectivity index (χ2v) is 6.43. The third-order valence-electron chi connectivity index (χ3n) is 4.13. The van der Waals surface area contributed by atoms with E-state index in [1.807, 2.05) is 31.2 Å². The highest BCUT2D eigenvalue weighted by atomic mass is 16.4. The monoisotopic (exact) mass is 341 g/mol. The standard InChI is InChI=1S/C19H23N3O3/c1-13-7-8-17(25-13)19(2,24)12-21-18(23)20-10-9-15-11-14-5-3-4-6-16(14)22-15/h3-8,11,22,24H,9-10,12H2,1-2H3,(H2,20,21,23). The summed E-state index contributed by atoms with van der Waals surface area (Å²) in [5, 5.41) is 17.0. The van der Waals surface area contributed by atoms with Gasteiger partial charge in [0.1, 0.15) is 17.1 Å². The number of aliphatic hydroxyl groups is 1. The molecule has 2 amide bonds. The van der Waals surface area contributed by atoms with Gasteiger partial charge in [0.05, 0.1) is 6.54 Å². The summed E-state index contributed by atoms with van der Waals surface area (Å²) >= 11 is 0. The van der Waals surface area contributed by atoms with Crippen LogP contribution in [0.4, 0.5) is 4.79 Å². The largest absolute Gasteiger partial charge is 0.463 e. The van der Waals surface area contributed by atoms with Crippen molar-refractivity contribution in [2.75, 3.05) is 13.1 Å². The number of nitrogens with one attached hydrogen (secondary N) is 3. The number of aryl methyl sites for hydroxylation is 1. The summed E-state index contributed by atoms with van der Waals surface area (Å²) in [5.74, 6) is 1.15. The Kier molecular flexibility index (Phi) is 4.81. The number of amides is 2. The molecule has 0 fully saturated rings. The fourth-order valence-corrected chi connectivity index (χ4v) is 2.70. The highest BCUT2D eigenvalue weighted by Crippen LogP contribution is 2.21. The third-order valence-corrected chi connectivity index (χ3v) is 4.13. The third kappa shape index (κ3) is 4.22. The molecule has 3 rings (SSSR count). The van der Waals surface area contributed by atoms with Crippen molar-refractivity contribution in [2.24, 2.45) is 0 Å². The number of furan rings is 1. The van der Waals surface area contributed by atoms with E-state index in [4.69, 9.17) is 4.42 Å². The summed E-state index contributed by atoms with van der Waals surface area (Å²) in [7, 11) is 0. The van der Waals surface area contributed by atoms with E-state index in [0.29, 0.717) is 18.7 Å². The van der Waals surface area contributed by atoms with Crippen molar-refractivity contribution >= 4 is 16.9 Å². The van der Waals surface area contributed by atoms with Crippen molar-refractivity contribution in [3.63, 3.8) is 0 Å². The van der Waals surface area contributed by atoms with Crippen LogP contribution in [0, 0.1) is 6.92 Å². The van der Waals surface area contributed by atoms with Crippen LogP contribution in [-0.4, -0.2) is 29.2 Å². The normalized spacial score (nSPS) is 13.6. The number of aromatic nitrogens is 1. The number of hydrogen-bond acceptors (Lipinski definition) is 3. The van der Waals surface area contributed by atoms with Crippen LogP contribution in [0.1, 0.15) is 24.1 Å². The molecule has 2 heterocycles. The van der Waals surface area contributed by atoms with E-state index in [1.54, 1.807) is 19.1 Å². The summed E-state index contributed by atoms with van der Waals surface area (Å²) in [4.78, 5) is 15.2. The van der Waals surface area contributed by atoms with E-state index >= 15 is 0 Å². The van der Waals surface area contributed by atoms with Gasteiger partial charge < -0.3 is 25.1 Å². The molecule has 0 aliphatic carbocycles. The van der Waals surface area contributed by atoms with Crippen molar-refractivity contribution < 1.29 is 14.3 Å². The first kappa shape index (κ1) is 17.1. The summed E-state index contributed by atoms with van der Waals surface area (Å²) in [6, 6.07) is 13.3. The molecule has 0 saturated heterocycles. The molecule has 0 aliphatic heterocycles. The lowest BCUT2D eigenvalue weighted by atomic mass is 10.0.